The van der Waals surface area contributed by atoms with Gasteiger partial charge in [-0.15, -0.1) is 0 Å². The van der Waals surface area contributed by atoms with Crippen LogP contribution < -0.4 is 0 Å². The first-order chi connectivity index (χ1) is 11.4. The Morgan fingerprint density at radius 1 is 0.870 bits per heavy atom. The molecular weight excluding hydrogens is 288 g/mol. The van der Waals surface area contributed by atoms with Gasteiger partial charge >= 0.3 is 0 Å². The molecule has 0 fully saturated rings. The van der Waals surface area contributed by atoms with Crippen LogP contribution in [-0.2, 0) is 0 Å². The van der Waals surface area contributed by atoms with Gasteiger partial charge in [-0.3, -0.25) is 9.97 Å². The van der Waals surface area contributed by atoms with Crippen LogP contribution in [0.3, 0.4) is 0 Å². The van der Waals surface area contributed by atoms with Crippen LogP contribution in [0.5, 0.6) is 0 Å². The SMILES string of the molecule is c1cnc2c(-c3nccc4oc5ncncc5c34)cccc2c1. The molecule has 4 heterocycles. The van der Waals surface area contributed by atoms with Crippen LogP contribution in [0.4, 0.5) is 0 Å². The van der Waals surface area contributed by atoms with Gasteiger partial charge in [0, 0.05) is 29.5 Å². The number of hydrogen-bond donors (Lipinski definition) is 0. The number of rotatable bonds is 1. The highest BCUT2D eigenvalue weighted by Crippen LogP contribution is 2.36. The second-order valence-electron chi connectivity index (χ2n) is 5.26. The number of pyridine rings is 2. The topological polar surface area (TPSA) is 64.7 Å². The lowest BCUT2D eigenvalue weighted by atomic mass is 10.0. The predicted molar refractivity (Wildman–Crippen MR) is 87.8 cm³/mol. The van der Waals surface area contributed by atoms with E-state index in [0.717, 1.165) is 38.5 Å². The lowest BCUT2D eigenvalue weighted by Gasteiger charge is -2.06. The third kappa shape index (κ3) is 1.73. The molecule has 5 rings (SSSR count). The molecule has 0 saturated heterocycles. The van der Waals surface area contributed by atoms with Crippen LogP contribution in [-0.4, -0.2) is 19.9 Å². The molecule has 1 aromatic carbocycles. The van der Waals surface area contributed by atoms with Crippen molar-refractivity contribution in [1.29, 1.82) is 0 Å². The van der Waals surface area contributed by atoms with E-state index in [0.29, 0.717) is 5.71 Å². The standard InChI is InChI=1S/C18H10N4O/c1-3-11-4-2-7-20-16(11)12(5-1)17-15-13-9-19-10-22-18(13)23-14(15)6-8-21-17/h1-10H. The average molecular weight is 298 g/mol. The van der Waals surface area contributed by atoms with Gasteiger partial charge < -0.3 is 4.42 Å². The summed E-state index contributed by atoms with van der Waals surface area (Å²) in [6.07, 6.45) is 6.78. The van der Waals surface area contributed by atoms with Crippen molar-refractivity contribution in [1.82, 2.24) is 19.9 Å². The summed E-state index contributed by atoms with van der Waals surface area (Å²) in [7, 11) is 0. The Hall–Kier alpha value is -3.34. The van der Waals surface area contributed by atoms with E-state index in [9.17, 15) is 0 Å². The number of para-hydroxylation sites is 1. The molecule has 0 spiro atoms. The Kier molecular flexibility index (Phi) is 2.43. The first-order valence-corrected chi connectivity index (χ1v) is 7.23. The summed E-state index contributed by atoms with van der Waals surface area (Å²) in [6.45, 7) is 0. The molecular formula is C18H10N4O. The molecule has 4 aromatic heterocycles. The van der Waals surface area contributed by atoms with Crippen molar-refractivity contribution in [3.63, 3.8) is 0 Å². The van der Waals surface area contributed by atoms with Crippen LogP contribution >= 0.6 is 0 Å². The molecule has 5 heteroatoms. The molecule has 0 atom stereocenters. The fraction of sp³-hybridized carbons (Fsp3) is 0. The van der Waals surface area contributed by atoms with Crippen LogP contribution in [0.1, 0.15) is 0 Å². The number of aromatic nitrogens is 4. The largest absolute Gasteiger partial charge is 0.437 e. The first-order valence-electron chi connectivity index (χ1n) is 7.23. The maximum absolute atomic E-state index is 5.82. The average Bonchev–Trinajstić information content (AvgIpc) is 3.00. The zero-order chi connectivity index (χ0) is 15.2. The van der Waals surface area contributed by atoms with E-state index in [2.05, 4.69) is 19.9 Å². The summed E-state index contributed by atoms with van der Waals surface area (Å²) in [5, 5.41) is 2.85. The Balaban J connectivity index is 1.96. The van der Waals surface area contributed by atoms with E-state index >= 15 is 0 Å². The Morgan fingerprint density at radius 3 is 2.83 bits per heavy atom. The summed E-state index contributed by atoms with van der Waals surface area (Å²) >= 11 is 0. The Bertz CT molecular complexity index is 1170. The summed E-state index contributed by atoms with van der Waals surface area (Å²) in [5.74, 6) is 0. The van der Waals surface area contributed by atoms with E-state index in [1.165, 1.54) is 6.33 Å². The molecule has 0 amide bonds. The number of furan rings is 1. The van der Waals surface area contributed by atoms with E-state index in [-0.39, 0.29) is 0 Å². The van der Waals surface area contributed by atoms with Gasteiger partial charge in [0.2, 0.25) is 5.71 Å². The van der Waals surface area contributed by atoms with E-state index in [1.807, 2.05) is 36.4 Å². The second kappa shape index (κ2) is 4.58. The molecule has 5 aromatic rings. The van der Waals surface area contributed by atoms with Crippen molar-refractivity contribution < 1.29 is 4.42 Å². The Labute approximate surface area is 130 Å². The van der Waals surface area contributed by atoms with Crippen molar-refractivity contribution >= 4 is 33.0 Å². The zero-order valence-corrected chi connectivity index (χ0v) is 12.0. The van der Waals surface area contributed by atoms with E-state index in [4.69, 9.17) is 4.42 Å². The molecule has 0 aliphatic rings. The highest BCUT2D eigenvalue weighted by molar-refractivity contribution is 6.12. The molecule has 23 heavy (non-hydrogen) atoms. The van der Waals surface area contributed by atoms with Crippen LogP contribution in [0, 0.1) is 0 Å². The zero-order valence-electron chi connectivity index (χ0n) is 12.0. The van der Waals surface area contributed by atoms with Crippen LogP contribution in [0.2, 0.25) is 0 Å². The molecule has 0 radical (unpaired) electrons. The van der Waals surface area contributed by atoms with Gasteiger partial charge in [0.25, 0.3) is 0 Å². The number of hydrogen-bond acceptors (Lipinski definition) is 5. The highest BCUT2D eigenvalue weighted by atomic mass is 16.3. The summed E-state index contributed by atoms with van der Waals surface area (Å²) in [4.78, 5) is 17.4. The third-order valence-corrected chi connectivity index (χ3v) is 3.95. The Morgan fingerprint density at radius 2 is 1.83 bits per heavy atom. The van der Waals surface area contributed by atoms with Gasteiger partial charge in [-0.2, -0.15) is 0 Å². The van der Waals surface area contributed by atoms with Crippen molar-refractivity contribution in [3.05, 3.63) is 61.3 Å². The fourth-order valence-electron chi connectivity index (χ4n) is 2.96. The monoisotopic (exact) mass is 298 g/mol. The van der Waals surface area contributed by atoms with Crippen LogP contribution in [0.25, 0.3) is 44.2 Å². The van der Waals surface area contributed by atoms with Gasteiger partial charge in [-0.25, -0.2) is 9.97 Å². The maximum Gasteiger partial charge on any atom is 0.230 e. The van der Waals surface area contributed by atoms with Gasteiger partial charge in [-0.1, -0.05) is 24.3 Å². The third-order valence-electron chi connectivity index (χ3n) is 3.95. The van der Waals surface area contributed by atoms with Gasteiger partial charge in [-0.05, 0) is 12.1 Å². The smallest absolute Gasteiger partial charge is 0.230 e. The molecule has 0 aliphatic carbocycles. The summed E-state index contributed by atoms with van der Waals surface area (Å²) in [5.41, 5.74) is 4.04. The number of fused-ring (bicyclic) bond motifs is 4. The molecule has 0 saturated carbocycles. The molecule has 0 unspecified atom stereocenters. The van der Waals surface area contributed by atoms with E-state index in [1.54, 1.807) is 18.6 Å². The van der Waals surface area contributed by atoms with Crippen molar-refractivity contribution in [3.8, 4) is 11.3 Å². The molecule has 0 N–H and O–H groups in total. The van der Waals surface area contributed by atoms with Crippen molar-refractivity contribution in [2.24, 2.45) is 0 Å². The molecule has 5 nitrogen and oxygen atoms in total. The van der Waals surface area contributed by atoms with Crippen molar-refractivity contribution in [2.45, 2.75) is 0 Å². The highest BCUT2D eigenvalue weighted by Gasteiger charge is 2.16. The summed E-state index contributed by atoms with van der Waals surface area (Å²) in [6, 6.07) is 11.9. The van der Waals surface area contributed by atoms with Crippen molar-refractivity contribution in [2.75, 3.05) is 0 Å². The van der Waals surface area contributed by atoms with Gasteiger partial charge in [0.1, 0.15) is 11.9 Å². The number of nitrogens with zero attached hydrogens (tertiary/aromatic N) is 4. The maximum atomic E-state index is 5.82. The quantitative estimate of drug-likeness (QED) is 0.468. The lowest BCUT2D eigenvalue weighted by Crippen LogP contribution is -1.88. The normalized spacial score (nSPS) is 11.5. The molecule has 0 aliphatic heterocycles. The second-order valence-corrected chi connectivity index (χ2v) is 5.26. The first kappa shape index (κ1) is 12.2. The van der Waals surface area contributed by atoms with Crippen LogP contribution in [0.15, 0.2) is 65.7 Å². The van der Waals surface area contributed by atoms with Gasteiger partial charge in [0.15, 0.2) is 0 Å². The van der Waals surface area contributed by atoms with Gasteiger partial charge in [0.05, 0.1) is 22.0 Å². The molecule has 108 valence electrons. The van der Waals surface area contributed by atoms with E-state index < -0.39 is 0 Å². The minimum atomic E-state index is 0.567. The minimum absolute atomic E-state index is 0.567. The minimum Gasteiger partial charge on any atom is -0.437 e. The molecule has 0 bridgehead atoms. The number of benzene rings is 1. The predicted octanol–water partition coefficient (Wildman–Crippen LogP) is 3.99. The lowest BCUT2D eigenvalue weighted by molar-refractivity contribution is 0.652. The summed E-state index contributed by atoms with van der Waals surface area (Å²) < 4.78 is 5.82. The fourth-order valence-corrected chi connectivity index (χ4v) is 2.96.